The summed E-state index contributed by atoms with van der Waals surface area (Å²) in [5.41, 5.74) is 1.98. The van der Waals surface area contributed by atoms with Crippen molar-refractivity contribution in [3.63, 3.8) is 0 Å². The number of carbonyl (C=O) groups is 2. The lowest BCUT2D eigenvalue weighted by Gasteiger charge is -2.34. The molecule has 0 aliphatic heterocycles. The van der Waals surface area contributed by atoms with Gasteiger partial charge in [0.25, 0.3) is 10.0 Å². The first-order chi connectivity index (χ1) is 22.0. The minimum Gasteiger partial charge on any atom is -0.354 e. The lowest BCUT2D eigenvalue weighted by molar-refractivity contribution is -0.140. The maximum atomic E-state index is 14.6. The van der Waals surface area contributed by atoms with Gasteiger partial charge in [0, 0.05) is 40.1 Å². The Balaban J connectivity index is 1.85. The Morgan fingerprint density at radius 3 is 2.02 bits per heavy atom. The van der Waals surface area contributed by atoms with Gasteiger partial charge in [0.1, 0.15) is 12.6 Å². The number of anilines is 1. The fourth-order valence-corrected chi connectivity index (χ4v) is 7.19. The summed E-state index contributed by atoms with van der Waals surface area (Å²) in [6.45, 7) is 3.38. The molecule has 1 N–H and O–H groups in total. The zero-order valence-corrected chi connectivity index (χ0v) is 28.7. The van der Waals surface area contributed by atoms with E-state index in [2.05, 4.69) is 5.32 Å². The summed E-state index contributed by atoms with van der Waals surface area (Å²) >= 11 is 19.6. The molecule has 0 spiro atoms. The molecule has 0 aliphatic carbocycles. The first-order valence-electron chi connectivity index (χ1n) is 14.9. The summed E-state index contributed by atoms with van der Waals surface area (Å²) < 4.78 is 29.4. The maximum absolute atomic E-state index is 14.6. The molecule has 0 bridgehead atoms. The molecule has 1 unspecified atom stereocenters. The summed E-state index contributed by atoms with van der Waals surface area (Å²) in [5.74, 6) is -0.994. The summed E-state index contributed by atoms with van der Waals surface area (Å²) in [6, 6.07) is 26.0. The Labute approximate surface area is 286 Å². The lowest BCUT2D eigenvalue weighted by atomic mass is 10.0. The SMILES string of the molecule is CCCCNC(=O)C(Cc1ccccc1)N(Cc1c(Cl)cccc1Cl)C(=O)CN(c1cccc(Cl)c1C)S(=O)(=O)c1ccccc1. The third-order valence-electron chi connectivity index (χ3n) is 7.61. The van der Waals surface area contributed by atoms with Crippen molar-refractivity contribution in [2.75, 3.05) is 17.4 Å². The average molecular weight is 701 g/mol. The van der Waals surface area contributed by atoms with Crippen LogP contribution in [0, 0.1) is 6.92 Å². The predicted octanol–water partition coefficient (Wildman–Crippen LogP) is 7.71. The molecular formula is C35H36Cl3N3O4S. The third-order valence-corrected chi connectivity index (χ3v) is 10.5. The molecule has 2 amide bonds. The van der Waals surface area contributed by atoms with E-state index in [1.54, 1.807) is 61.5 Å². The third kappa shape index (κ3) is 8.62. The number of carbonyl (C=O) groups excluding carboxylic acids is 2. The first kappa shape index (κ1) is 35.3. The van der Waals surface area contributed by atoms with E-state index in [1.165, 1.54) is 17.0 Å². The van der Waals surface area contributed by atoms with E-state index in [0.717, 1.165) is 22.7 Å². The van der Waals surface area contributed by atoms with Gasteiger partial charge in [0.15, 0.2) is 0 Å². The Morgan fingerprint density at radius 1 is 0.804 bits per heavy atom. The van der Waals surface area contributed by atoms with Gasteiger partial charge in [0.05, 0.1) is 10.6 Å². The standard InChI is InChI=1S/C35H36Cl3N3O4S/c1-3-4-21-39-35(43)33(22-26-13-7-5-8-14-26)40(23-28-30(37)18-11-19-31(28)38)34(42)24-41(32-20-12-17-29(36)25(32)2)46(44,45)27-15-9-6-10-16-27/h5-20,33H,3-4,21-24H2,1-2H3,(H,39,43). The molecule has 4 aromatic rings. The molecule has 11 heteroatoms. The summed E-state index contributed by atoms with van der Waals surface area (Å²) in [4.78, 5) is 29.9. The maximum Gasteiger partial charge on any atom is 0.264 e. The topological polar surface area (TPSA) is 86.8 Å². The van der Waals surface area contributed by atoms with Gasteiger partial charge in [-0.05, 0) is 60.9 Å². The number of nitrogens with zero attached hydrogens (tertiary/aromatic N) is 2. The highest BCUT2D eigenvalue weighted by atomic mass is 35.5. The van der Waals surface area contributed by atoms with Crippen LogP contribution in [0.15, 0.2) is 102 Å². The van der Waals surface area contributed by atoms with E-state index in [1.807, 2.05) is 37.3 Å². The van der Waals surface area contributed by atoms with Crippen LogP contribution in [-0.4, -0.2) is 44.3 Å². The van der Waals surface area contributed by atoms with Crippen molar-refractivity contribution in [2.45, 2.75) is 50.6 Å². The largest absolute Gasteiger partial charge is 0.354 e. The second-order valence-electron chi connectivity index (χ2n) is 10.8. The number of amides is 2. The second kappa shape index (κ2) is 16.3. The van der Waals surface area contributed by atoms with Gasteiger partial charge in [-0.15, -0.1) is 0 Å². The van der Waals surface area contributed by atoms with Crippen LogP contribution in [0.2, 0.25) is 15.1 Å². The molecule has 1 atom stereocenters. The molecule has 7 nitrogen and oxygen atoms in total. The molecule has 4 aromatic carbocycles. The highest BCUT2D eigenvalue weighted by Gasteiger charge is 2.35. The Hall–Kier alpha value is -3.56. The van der Waals surface area contributed by atoms with Gasteiger partial charge >= 0.3 is 0 Å². The number of nitrogens with one attached hydrogen (secondary N) is 1. The lowest BCUT2D eigenvalue weighted by Crippen LogP contribution is -2.53. The van der Waals surface area contributed by atoms with Crippen molar-refractivity contribution in [3.05, 3.63) is 129 Å². The van der Waals surface area contributed by atoms with Crippen molar-refractivity contribution in [2.24, 2.45) is 0 Å². The van der Waals surface area contributed by atoms with Crippen molar-refractivity contribution in [1.29, 1.82) is 0 Å². The van der Waals surface area contributed by atoms with Crippen LogP contribution in [0.1, 0.15) is 36.5 Å². The molecule has 4 rings (SSSR count). The van der Waals surface area contributed by atoms with Crippen molar-refractivity contribution < 1.29 is 18.0 Å². The highest BCUT2D eigenvalue weighted by molar-refractivity contribution is 7.92. The van der Waals surface area contributed by atoms with Gasteiger partial charge in [-0.1, -0.05) is 109 Å². The van der Waals surface area contributed by atoms with Gasteiger partial charge in [-0.2, -0.15) is 0 Å². The zero-order chi connectivity index (χ0) is 33.3. The molecule has 0 fully saturated rings. The van der Waals surface area contributed by atoms with E-state index in [9.17, 15) is 18.0 Å². The van der Waals surface area contributed by atoms with E-state index < -0.39 is 28.5 Å². The molecule has 0 heterocycles. The van der Waals surface area contributed by atoms with Gasteiger partial charge < -0.3 is 10.2 Å². The van der Waals surface area contributed by atoms with E-state index in [0.29, 0.717) is 32.7 Å². The molecular weight excluding hydrogens is 665 g/mol. The summed E-state index contributed by atoms with van der Waals surface area (Å²) in [7, 11) is -4.26. The molecule has 0 radical (unpaired) electrons. The molecule has 0 saturated carbocycles. The minimum atomic E-state index is -4.26. The zero-order valence-electron chi connectivity index (χ0n) is 25.6. The normalized spacial score (nSPS) is 11.9. The van der Waals surface area contributed by atoms with Crippen LogP contribution in [0.25, 0.3) is 0 Å². The van der Waals surface area contributed by atoms with Crippen LogP contribution >= 0.6 is 34.8 Å². The Kier molecular flexibility index (Phi) is 12.5. The number of hydrogen-bond acceptors (Lipinski definition) is 4. The average Bonchev–Trinajstić information content (AvgIpc) is 3.05. The number of unbranched alkanes of at least 4 members (excludes halogenated alkanes) is 1. The minimum absolute atomic E-state index is 0.000943. The van der Waals surface area contributed by atoms with Gasteiger partial charge in [-0.25, -0.2) is 8.42 Å². The summed E-state index contributed by atoms with van der Waals surface area (Å²) in [6.07, 6.45) is 1.80. The number of sulfonamides is 1. The number of hydrogen-bond donors (Lipinski definition) is 1. The van der Waals surface area contributed by atoms with Crippen molar-refractivity contribution in [3.8, 4) is 0 Å². The predicted molar refractivity (Wildman–Crippen MR) is 186 cm³/mol. The van der Waals surface area contributed by atoms with Crippen LogP contribution in [0.5, 0.6) is 0 Å². The number of benzene rings is 4. The van der Waals surface area contributed by atoms with Crippen molar-refractivity contribution >= 4 is 62.3 Å². The second-order valence-corrected chi connectivity index (χ2v) is 13.9. The molecule has 0 aromatic heterocycles. The van der Waals surface area contributed by atoms with Crippen LogP contribution in [0.4, 0.5) is 5.69 Å². The van der Waals surface area contributed by atoms with Crippen LogP contribution in [-0.2, 0) is 32.6 Å². The van der Waals surface area contributed by atoms with E-state index in [-0.39, 0.29) is 29.5 Å². The van der Waals surface area contributed by atoms with Gasteiger partial charge in [0.2, 0.25) is 11.8 Å². The Bertz CT molecular complexity index is 1740. The quantitative estimate of drug-likeness (QED) is 0.137. The smallest absolute Gasteiger partial charge is 0.264 e. The first-order valence-corrected chi connectivity index (χ1v) is 17.5. The molecule has 46 heavy (non-hydrogen) atoms. The fourth-order valence-electron chi connectivity index (χ4n) is 5.01. The molecule has 0 aliphatic rings. The van der Waals surface area contributed by atoms with E-state index >= 15 is 0 Å². The monoisotopic (exact) mass is 699 g/mol. The van der Waals surface area contributed by atoms with Gasteiger partial charge in [-0.3, -0.25) is 13.9 Å². The number of rotatable bonds is 14. The molecule has 0 saturated heterocycles. The number of halogens is 3. The summed E-state index contributed by atoms with van der Waals surface area (Å²) in [5, 5.41) is 3.94. The highest BCUT2D eigenvalue weighted by Crippen LogP contribution is 2.32. The van der Waals surface area contributed by atoms with Crippen molar-refractivity contribution in [1.82, 2.24) is 10.2 Å². The van der Waals surface area contributed by atoms with E-state index in [4.69, 9.17) is 34.8 Å². The Morgan fingerprint density at radius 2 is 1.39 bits per heavy atom. The van der Waals surface area contributed by atoms with Crippen LogP contribution < -0.4 is 9.62 Å². The fraction of sp³-hybridized carbons (Fsp3) is 0.257. The van der Waals surface area contributed by atoms with Crippen LogP contribution in [0.3, 0.4) is 0 Å². The molecule has 242 valence electrons.